The number of hydrogen-bond donors (Lipinski definition) is 1. The summed E-state index contributed by atoms with van der Waals surface area (Å²) in [5, 5.41) is 2.94. The van der Waals surface area contributed by atoms with Crippen LogP contribution in [-0.2, 0) is 4.79 Å². The Morgan fingerprint density at radius 3 is 2.88 bits per heavy atom. The summed E-state index contributed by atoms with van der Waals surface area (Å²) in [6.45, 7) is 4.03. The first-order valence-electron chi connectivity index (χ1n) is 8.13. The SMILES string of the molecule is CCCCC(=O)Nc1c(-c2cccc(F)c2)nc2cc(C)ccn12. The van der Waals surface area contributed by atoms with Gasteiger partial charge in [-0.2, -0.15) is 0 Å². The van der Waals surface area contributed by atoms with Crippen molar-refractivity contribution in [1.29, 1.82) is 0 Å². The van der Waals surface area contributed by atoms with Gasteiger partial charge in [-0.15, -0.1) is 0 Å². The van der Waals surface area contributed by atoms with Crippen molar-refractivity contribution in [3.05, 3.63) is 54.0 Å². The first kappa shape index (κ1) is 16.2. The molecular formula is C19H20FN3O. The minimum Gasteiger partial charge on any atom is -0.310 e. The van der Waals surface area contributed by atoms with Gasteiger partial charge < -0.3 is 5.32 Å². The largest absolute Gasteiger partial charge is 0.310 e. The number of benzene rings is 1. The Morgan fingerprint density at radius 2 is 2.12 bits per heavy atom. The third kappa shape index (κ3) is 3.30. The smallest absolute Gasteiger partial charge is 0.225 e. The van der Waals surface area contributed by atoms with Gasteiger partial charge in [0.15, 0.2) is 0 Å². The molecule has 4 nitrogen and oxygen atoms in total. The lowest BCUT2D eigenvalue weighted by atomic mass is 10.1. The van der Waals surface area contributed by atoms with Crippen LogP contribution in [0.2, 0.25) is 0 Å². The zero-order chi connectivity index (χ0) is 17.1. The Bertz CT molecular complexity index is 885. The third-order valence-electron chi connectivity index (χ3n) is 3.89. The molecule has 2 aromatic heterocycles. The minimum atomic E-state index is -0.330. The molecule has 0 aliphatic heterocycles. The Balaban J connectivity index is 2.09. The standard InChI is InChI=1S/C19H20FN3O/c1-3-4-8-17(24)22-19-18(14-6-5-7-15(20)12-14)21-16-11-13(2)9-10-23(16)19/h5-7,9-12H,3-4,8H2,1-2H3,(H,22,24). The number of aromatic nitrogens is 2. The van der Waals surface area contributed by atoms with Crippen molar-refractivity contribution in [2.75, 3.05) is 5.32 Å². The fourth-order valence-corrected chi connectivity index (χ4v) is 2.63. The van der Waals surface area contributed by atoms with Crippen LogP contribution in [0.4, 0.5) is 10.2 Å². The van der Waals surface area contributed by atoms with E-state index >= 15 is 0 Å². The summed E-state index contributed by atoms with van der Waals surface area (Å²) < 4.78 is 15.4. The quantitative estimate of drug-likeness (QED) is 0.746. The van der Waals surface area contributed by atoms with Crippen molar-refractivity contribution < 1.29 is 9.18 Å². The zero-order valence-electron chi connectivity index (χ0n) is 13.8. The average Bonchev–Trinajstić information content (AvgIpc) is 2.90. The van der Waals surface area contributed by atoms with Gasteiger partial charge in [0.2, 0.25) is 5.91 Å². The minimum absolute atomic E-state index is 0.0584. The number of fused-ring (bicyclic) bond motifs is 1. The van der Waals surface area contributed by atoms with E-state index in [1.165, 1.54) is 12.1 Å². The van der Waals surface area contributed by atoms with Crippen LogP contribution in [0, 0.1) is 12.7 Å². The number of pyridine rings is 1. The summed E-state index contributed by atoms with van der Waals surface area (Å²) in [4.78, 5) is 16.8. The van der Waals surface area contributed by atoms with Gasteiger partial charge in [-0.25, -0.2) is 9.37 Å². The molecule has 1 aromatic carbocycles. The molecule has 0 bridgehead atoms. The fraction of sp³-hybridized carbons (Fsp3) is 0.263. The van der Waals surface area contributed by atoms with E-state index in [4.69, 9.17) is 0 Å². The molecule has 0 spiro atoms. The van der Waals surface area contributed by atoms with Gasteiger partial charge in [-0.3, -0.25) is 9.20 Å². The number of hydrogen-bond acceptors (Lipinski definition) is 2. The first-order chi connectivity index (χ1) is 11.6. The van der Waals surface area contributed by atoms with Crippen molar-refractivity contribution in [3.63, 3.8) is 0 Å². The number of aryl methyl sites for hydroxylation is 1. The maximum absolute atomic E-state index is 13.6. The number of nitrogens with zero attached hydrogens (tertiary/aromatic N) is 2. The number of amides is 1. The van der Waals surface area contributed by atoms with E-state index in [2.05, 4.69) is 10.3 Å². The lowest BCUT2D eigenvalue weighted by molar-refractivity contribution is -0.116. The number of unbranched alkanes of at least 4 members (excludes halogenated alkanes) is 1. The van der Waals surface area contributed by atoms with Crippen molar-refractivity contribution in [3.8, 4) is 11.3 Å². The Morgan fingerprint density at radius 1 is 1.29 bits per heavy atom. The van der Waals surface area contributed by atoms with Crippen LogP contribution in [0.25, 0.3) is 16.9 Å². The Hall–Kier alpha value is -2.69. The van der Waals surface area contributed by atoms with Crippen molar-refractivity contribution >= 4 is 17.4 Å². The lowest BCUT2D eigenvalue weighted by Gasteiger charge is -2.08. The van der Waals surface area contributed by atoms with Crippen LogP contribution in [0.5, 0.6) is 0 Å². The monoisotopic (exact) mass is 325 g/mol. The van der Waals surface area contributed by atoms with E-state index in [-0.39, 0.29) is 11.7 Å². The molecule has 5 heteroatoms. The molecule has 0 saturated carbocycles. The first-order valence-corrected chi connectivity index (χ1v) is 8.13. The average molecular weight is 325 g/mol. The lowest BCUT2D eigenvalue weighted by Crippen LogP contribution is -2.13. The molecule has 0 unspecified atom stereocenters. The van der Waals surface area contributed by atoms with Gasteiger partial charge in [-0.1, -0.05) is 25.5 Å². The summed E-state index contributed by atoms with van der Waals surface area (Å²) in [5.74, 6) is 0.192. The van der Waals surface area contributed by atoms with E-state index in [0.717, 1.165) is 24.1 Å². The van der Waals surface area contributed by atoms with Crippen LogP contribution in [0.3, 0.4) is 0 Å². The molecule has 0 atom stereocenters. The molecule has 3 aromatic rings. The van der Waals surface area contributed by atoms with E-state index in [1.54, 1.807) is 12.1 Å². The highest BCUT2D eigenvalue weighted by molar-refractivity contribution is 5.94. The third-order valence-corrected chi connectivity index (χ3v) is 3.89. The number of carbonyl (C=O) groups is 1. The van der Waals surface area contributed by atoms with Crippen LogP contribution < -0.4 is 5.32 Å². The highest BCUT2D eigenvalue weighted by Crippen LogP contribution is 2.29. The van der Waals surface area contributed by atoms with Crippen molar-refractivity contribution in [1.82, 2.24) is 9.38 Å². The van der Waals surface area contributed by atoms with Crippen molar-refractivity contribution in [2.24, 2.45) is 0 Å². The molecule has 0 aliphatic rings. The highest BCUT2D eigenvalue weighted by atomic mass is 19.1. The van der Waals surface area contributed by atoms with Gasteiger partial charge in [0, 0.05) is 18.2 Å². The number of nitrogens with one attached hydrogen (secondary N) is 1. The molecule has 24 heavy (non-hydrogen) atoms. The van der Waals surface area contributed by atoms with Gasteiger partial charge in [0.25, 0.3) is 0 Å². The molecule has 0 saturated heterocycles. The normalized spacial score (nSPS) is 11.0. The van der Waals surface area contributed by atoms with Crippen LogP contribution in [0.15, 0.2) is 42.6 Å². The van der Waals surface area contributed by atoms with Crippen molar-refractivity contribution in [2.45, 2.75) is 33.1 Å². The maximum atomic E-state index is 13.6. The van der Waals surface area contributed by atoms with Gasteiger partial charge in [0.05, 0.1) is 0 Å². The maximum Gasteiger partial charge on any atom is 0.225 e. The molecule has 1 amide bonds. The molecular weight excluding hydrogens is 305 g/mol. The van der Waals surface area contributed by atoms with E-state index in [9.17, 15) is 9.18 Å². The van der Waals surface area contributed by atoms with Gasteiger partial charge >= 0.3 is 0 Å². The molecule has 3 rings (SSSR count). The van der Waals surface area contributed by atoms with Gasteiger partial charge in [-0.05, 0) is 43.2 Å². The van der Waals surface area contributed by atoms with Crippen LogP contribution in [0.1, 0.15) is 31.7 Å². The second-order valence-corrected chi connectivity index (χ2v) is 5.90. The number of carbonyl (C=O) groups excluding carboxylic acids is 1. The van der Waals surface area contributed by atoms with E-state index < -0.39 is 0 Å². The Kier molecular flexibility index (Phi) is 4.60. The number of rotatable bonds is 5. The molecule has 0 fully saturated rings. The summed E-state index contributed by atoms with van der Waals surface area (Å²) in [6, 6.07) is 10.1. The number of halogens is 1. The number of imidazole rings is 1. The number of anilines is 1. The van der Waals surface area contributed by atoms with Crippen LogP contribution >= 0.6 is 0 Å². The Labute approximate surface area is 140 Å². The summed E-state index contributed by atoms with van der Waals surface area (Å²) in [7, 11) is 0. The highest BCUT2D eigenvalue weighted by Gasteiger charge is 2.16. The molecule has 1 N–H and O–H groups in total. The summed E-state index contributed by atoms with van der Waals surface area (Å²) in [6.07, 6.45) is 4.11. The van der Waals surface area contributed by atoms with E-state index in [0.29, 0.717) is 23.5 Å². The molecule has 124 valence electrons. The summed E-state index contributed by atoms with van der Waals surface area (Å²) >= 11 is 0. The zero-order valence-corrected chi connectivity index (χ0v) is 13.8. The summed E-state index contributed by atoms with van der Waals surface area (Å²) in [5.41, 5.74) is 3.01. The molecule has 0 radical (unpaired) electrons. The second kappa shape index (κ2) is 6.83. The predicted molar refractivity (Wildman–Crippen MR) is 93.5 cm³/mol. The van der Waals surface area contributed by atoms with Crippen LogP contribution in [-0.4, -0.2) is 15.3 Å². The topological polar surface area (TPSA) is 46.4 Å². The van der Waals surface area contributed by atoms with E-state index in [1.807, 2.05) is 36.6 Å². The second-order valence-electron chi connectivity index (χ2n) is 5.90. The fourth-order valence-electron chi connectivity index (χ4n) is 2.63. The van der Waals surface area contributed by atoms with Gasteiger partial charge in [0.1, 0.15) is 23.0 Å². The molecule has 0 aliphatic carbocycles. The predicted octanol–water partition coefficient (Wildman–Crippen LogP) is 4.58. The molecule has 2 heterocycles.